The van der Waals surface area contributed by atoms with Crippen molar-refractivity contribution in [2.24, 2.45) is 0 Å². The maximum Gasteiger partial charge on any atom is 0.416 e. The summed E-state index contributed by atoms with van der Waals surface area (Å²) in [6.07, 6.45) is -4.40. The molecular weight excluding hydrogens is 353 g/mol. The summed E-state index contributed by atoms with van der Waals surface area (Å²) in [5.74, 6) is -0.250. The van der Waals surface area contributed by atoms with Crippen LogP contribution in [-0.4, -0.2) is 5.78 Å². The SMILES string of the molecule is CC(=O)C(Br)c1cc(C(F)(F)F)ccc1Br. The number of Topliss-reactive ketones (excluding diaryl/α,β-unsaturated/α-hetero) is 1. The molecule has 1 atom stereocenters. The van der Waals surface area contributed by atoms with Gasteiger partial charge in [-0.05, 0) is 30.7 Å². The van der Waals surface area contributed by atoms with Crippen LogP contribution in [0.2, 0.25) is 0 Å². The molecule has 1 unspecified atom stereocenters. The van der Waals surface area contributed by atoms with Crippen LogP contribution in [0.5, 0.6) is 0 Å². The van der Waals surface area contributed by atoms with Crippen LogP contribution in [0.1, 0.15) is 22.9 Å². The molecule has 16 heavy (non-hydrogen) atoms. The standard InChI is InChI=1S/C10H7Br2F3O/c1-5(16)9(12)7-4-6(10(13,14)15)2-3-8(7)11/h2-4,9H,1H3. The van der Waals surface area contributed by atoms with Crippen molar-refractivity contribution in [1.29, 1.82) is 0 Å². The molecule has 0 aromatic heterocycles. The summed E-state index contributed by atoms with van der Waals surface area (Å²) >= 11 is 6.17. The first kappa shape index (κ1) is 13.7. The Kier molecular flexibility index (Phi) is 4.17. The Bertz CT molecular complexity index is 415. The summed E-state index contributed by atoms with van der Waals surface area (Å²) in [6, 6.07) is 3.22. The number of carbonyl (C=O) groups excluding carboxylic acids is 1. The fourth-order valence-electron chi connectivity index (χ4n) is 1.13. The van der Waals surface area contributed by atoms with Gasteiger partial charge in [-0.3, -0.25) is 4.79 Å². The van der Waals surface area contributed by atoms with Crippen LogP contribution in [0.4, 0.5) is 13.2 Å². The number of carbonyl (C=O) groups is 1. The van der Waals surface area contributed by atoms with Gasteiger partial charge in [-0.15, -0.1) is 0 Å². The number of rotatable bonds is 2. The van der Waals surface area contributed by atoms with Crippen molar-refractivity contribution in [2.45, 2.75) is 17.9 Å². The van der Waals surface area contributed by atoms with E-state index in [1.54, 1.807) is 0 Å². The van der Waals surface area contributed by atoms with Gasteiger partial charge in [-0.2, -0.15) is 13.2 Å². The maximum absolute atomic E-state index is 12.4. The summed E-state index contributed by atoms with van der Waals surface area (Å²) in [5, 5.41) is 0. The Hall–Kier alpha value is -0.360. The highest BCUT2D eigenvalue weighted by Gasteiger charge is 2.31. The molecule has 1 aromatic rings. The molecule has 0 aliphatic rings. The molecule has 6 heteroatoms. The largest absolute Gasteiger partial charge is 0.416 e. The summed E-state index contributed by atoms with van der Waals surface area (Å²) in [6.45, 7) is 1.31. The van der Waals surface area contributed by atoms with Crippen molar-refractivity contribution in [2.75, 3.05) is 0 Å². The van der Waals surface area contributed by atoms with Gasteiger partial charge in [0.15, 0.2) is 0 Å². The lowest BCUT2D eigenvalue weighted by atomic mass is 10.1. The molecule has 0 spiro atoms. The first-order valence-electron chi connectivity index (χ1n) is 4.24. The molecule has 0 radical (unpaired) electrons. The Morgan fingerprint density at radius 2 is 1.94 bits per heavy atom. The molecule has 1 rings (SSSR count). The molecule has 0 fully saturated rings. The van der Waals surface area contributed by atoms with Crippen LogP contribution in [0, 0.1) is 0 Å². The van der Waals surface area contributed by atoms with Gasteiger partial charge in [-0.1, -0.05) is 31.9 Å². The number of ketones is 1. The monoisotopic (exact) mass is 358 g/mol. The zero-order chi connectivity index (χ0) is 12.5. The third kappa shape index (κ3) is 3.07. The van der Waals surface area contributed by atoms with Crippen molar-refractivity contribution >= 4 is 37.6 Å². The average Bonchev–Trinajstić information content (AvgIpc) is 2.15. The second-order valence-electron chi connectivity index (χ2n) is 3.21. The summed E-state index contributed by atoms with van der Waals surface area (Å²) in [5.41, 5.74) is -0.487. The Morgan fingerprint density at radius 3 is 2.38 bits per heavy atom. The van der Waals surface area contributed by atoms with Crippen LogP contribution in [0.15, 0.2) is 22.7 Å². The molecular formula is C10H7Br2F3O. The van der Waals surface area contributed by atoms with Crippen molar-refractivity contribution in [3.05, 3.63) is 33.8 Å². The maximum atomic E-state index is 12.4. The lowest BCUT2D eigenvalue weighted by Gasteiger charge is -2.13. The minimum Gasteiger partial charge on any atom is -0.298 e. The second kappa shape index (κ2) is 4.87. The predicted octanol–water partition coefficient (Wildman–Crippen LogP) is 4.49. The quantitative estimate of drug-likeness (QED) is 0.711. The molecule has 1 nitrogen and oxygen atoms in total. The first-order chi connectivity index (χ1) is 7.23. The highest BCUT2D eigenvalue weighted by atomic mass is 79.9. The van der Waals surface area contributed by atoms with Gasteiger partial charge in [0.05, 0.1) is 10.4 Å². The normalized spacial score (nSPS) is 13.6. The fraction of sp³-hybridized carbons (Fsp3) is 0.300. The number of hydrogen-bond donors (Lipinski definition) is 0. The van der Waals surface area contributed by atoms with E-state index in [-0.39, 0.29) is 11.3 Å². The number of benzene rings is 1. The number of alkyl halides is 4. The number of halogens is 5. The molecule has 0 amide bonds. The van der Waals surface area contributed by atoms with Gasteiger partial charge >= 0.3 is 6.18 Å². The Morgan fingerprint density at radius 1 is 1.38 bits per heavy atom. The summed E-state index contributed by atoms with van der Waals surface area (Å²) < 4.78 is 37.8. The molecule has 1 aromatic carbocycles. The van der Waals surface area contributed by atoms with Gasteiger partial charge in [0, 0.05) is 4.47 Å². The highest BCUT2D eigenvalue weighted by molar-refractivity contribution is 9.11. The van der Waals surface area contributed by atoms with E-state index in [9.17, 15) is 18.0 Å². The van der Waals surface area contributed by atoms with Crippen LogP contribution in [0.3, 0.4) is 0 Å². The molecule has 0 aliphatic carbocycles. The van der Waals surface area contributed by atoms with Gasteiger partial charge < -0.3 is 0 Å². The molecule has 0 saturated heterocycles. The van der Waals surface area contributed by atoms with E-state index in [0.717, 1.165) is 12.1 Å². The molecule has 0 aliphatic heterocycles. The zero-order valence-electron chi connectivity index (χ0n) is 8.11. The van der Waals surface area contributed by atoms with Gasteiger partial charge in [0.2, 0.25) is 0 Å². The second-order valence-corrected chi connectivity index (χ2v) is 4.98. The molecule has 0 heterocycles. The zero-order valence-corrected chi connectivity index (χ0v) is 11.3. The minimum absolute atomic E-state index is 0.250. The van der Waals surface area contributed by atoms with E-state index in [4.69, 9.17) is 0 Å². The molecule has 0 N–H and O–H groups in total. The topological polar surface area (TPSA) is 17.1 Å². The summed E-state index contributed by atoms with van der Waals surface area (Å²) in [4.78, 5) is 10.4. The van der Waals surface area contributed by atoms with Crippen LogP contribution >= 0.6 is 31.9 Å². The minimum atomic E-state index is -4.40. The van der Waals surface area contributed by atoms with Crippen molar-refractivity contribution in [3.8, 4) is 0 Å². The van der Waals surface area contributed by atoms with E-state index in [1.807, 2.05) is 0 Å². The van der Waals surface area contributed by atoms with Crippen molar-refractivity contribution in [1.82, 2.24) is 0 Å². The van der Waals surface area contributed by atoms with Gasteiger partial charge in [0.1, 0.15) is 5.78 Å². The highest BCUT2D eigenvalue weighted by Crippen LogP contribution is 2.36. The lowest BCUT2D eigenvalue weighted by Crippen LogP contribution is -2.08. The van der Waals surface area contributed by atoms with E-state index in [0.29, 0.717) is 4.47 Å². The molecule has 0 bridgehead atoms. The lowest BCUT2D eigenvalue weighted by molar-refractivity contribution is -0.137. The van der Waals surface area contributed by atoms with Crippen LogP contribution in [-0.2, 0) is 11.0 Å². The van der Waals surface area contributed by atoms with Crippen molar-refractivity contribution in [3.63, 3.8) is 0 Å². The number of hydrogen-bond acceptors (Lipinski definition) is 1. The Balaban J connectivity index is 3.24. The third-order valence-electron chi connectivity index (χ3n) is 1.95. The first-order valence-corrected chi connectivity index (χ1v) is 5.95. The third-order valence-corrected chi connectivity index (χ3v) is 3.81. The van der Waals surface area contributed by atoms with Crippen molar-refractivity contribution < 1.29 is 18.0 Å². The van der Waals surface area contributed by atoms with E-state index >= 15 is 0 Å². The smallest absolute Gasteiger partial charge is 0.298 e. The van der Waals surface area contributed by atoms with E-state index in [2.05, 4.69) is 31.9 Å². The van der Waals surface area contributed by atoms with Gasteiger partial charge in [0.25, 0.3) is 0 Å². The van der Waals surface area contributed by atoms with Crippen LogP contribution in [0.25, 0.3) is 0 Å². The average molecular weight is 360 g/mol. The molecule has 0 saturated carbocycles. The molecule has 88 valence electrons. The van der Waals surface area contributed by atoms with E-state index < -0.39 is 16.6 Å². The predicted molar refractivity (Wildman–Crippen MR) is 61.5 cm³/mol. The summed E-state index contributed by atoms with van der Waals surface area (Å²) in [7, 11) is 0. The van der Waals surface area contributed by atoms with E-state index in [1.165, 1.54) is 13.0 Å². The van der Waals surface area contributed by atoms with Gasteiger partial charge in [-0.25, -0.2) is 0 Å². The fourth-order valence-corrected chi connectivity index (χ4v) is 2.29. The Labute approximate surface area is 107 Å². The van der Waals surface area contributed by atoms with Crippen LogP contribution < -0.4 is 0 Å².